The van der Waals surface area contributed by atoms with Crippen LogP contribution in [0.1, 0.15) is 0 Å². The van der Waals surface area contributed by atoms with E-state index in [4.69, 9.17) is 24.4 Å². The molecule has 0 aliphatic carbocycles. The zero-order valence-electron chi connectivity index (χ0n) is 21.9. The lowest BCUT2D eigenvalue weighted by Crippen LogP contribution is -2.00. The molecule has 41 heavy (non-hydrogen) atoms. The largest absolute Gasteiger partial charge is 0.454 e. The fraction of sp³-hybridized carbons (Fsp3) is 0. The van der Waals surface area contributed by atoms with Gasteiger partial charge in [0.05, 0.1) is 10.9 Å². The molecule has 0 saturated heterocycles. The van der Waals surface area contributed by atoms with Gasteiger partial charge >= 0.3 is 0 Å². The molecule has 0 saturated carbocycles. The van der Waals surface area contributed by atoms with Crippen LogP contribution in [0.2, 0.25) is 0 Å². The van der Waals surface area contributed by atoms with Crippen LogP contribution in [0.15, 0.2) is 138 Å². The molecule has 0 radical (unpaired) electrons. The van der Waals surface area contributed by atoms with Crippen LogP contribution in [-0.4, -0.2) is 19.9 Å². The van der Waals surface area contributed by atoms with E-state index in [0.717, 1.165) is 60.8 Å². The lowest BCUT2D eigenvalue weighted by atomic mass is 9.99. The molecule has 5 aromatic carbocycles. The van der Waals surface area contributed by atoms with Crippen molar-refractivity contribution in [1.82, 2.24) is 19.9 Å². The van der Waals surface area contributed by atoms with Gasteiger partial charge in [-0.05, 0) is 35.4 Å². The van der Waals surface area contributed by atoms with Gasteiger partial charge in [-0.2, -0.15) is 0 Å². The van der Waals surface area contributed by atoms with Crippen molar-refractivity contribution >= 4 is 33.0 Å². The first-order chi connectivity index (χ1) is 20.3. The average molecular weight is 527 g/mol. The second-order valence-corrected chi connectivity index (χ2v) is 9.93. The maximum Gasteiger partial charge on any atom is 0.164 e. The quantitative estimate of drug-likeness (QED) is 0.229. The standard InChI is InChI=1S/C36H22N4O/c1-4-12-23(13-5-1)27-20-28(32-30(22-27)41-31-21-26-18-10-11-19-29(26)37-33(31)32)36-39-34(24-14-6-2-7-15-24)38-35(40-36)25-16-8-3-9-17-25/h1-22H. The Morgan fingerprint density at radius 3 is 1.63 bits per heavy atom. The molecule has 0 aliphatic rings. The third-order valence-corrected chi connectivity index (χ3v) is 7.30. The number of pyridine rings is 1. The Morgan fingerprint density at radius 1 is 0.415 bits per heavy atom. The molecule has 0 atom stereocenters. The average Bonchev–Trinajstić information content (AvgIpc) is 3.41. The van der Waals surface area contributed by atoms with Crippen LogP contribution in [0, 0.1) is 0 Å². The van der Waals surface area contributed by atoms with E-state index >= 15 is 0 Å². The van der Waals surface area contributed by atoms with Crippen molar-refractivity contribution in [2.45, 2.75) is 0 Å². The highest BCUT2D eigenvalue weighted by molar-refractivity contribution is 6.13. The second kappa shape index (κ2) is 9.50. The molecule has 0 fully saturated rings. The van der Waals surface area contributed by atoms with Gasteiger partial charge in [0.15, 0.2) is 23.1 Å². The summed E-state index contributed by atoms with van der Waals surface area (Å²) in [5, 5.41) is 1.91. The zero-order chi connectivity index (χ0) is 27.2. The monoisotopic (exact) mass is 526 g/mol. The van der Waals surface area contributed by atoms with Crippen molar-refractivity contribution < 1.29 is 4.42 Å². The van der Waals surface area contributed by atoms with E-state index in [1.54, 1.807) is 0 Å². The number of furan rings is 1. The van der Waals surface area contributed by atoms with Crippen molar-refractivity contribution in [3.63, 3.8) is 0 Å². The number of para-hydroxylation sites is 1. The predicted octanol–water partition coefficient (Wildman–Crippen LogP) is 8.99. The Balaban J connectivity index is 1.47. The van der Waals surface area contributed by atoms with E-state index in [0.29, 0.717) is 17.5 Å². The summed E-state index contributed by atoms with van der Waals surface area (Å²) in [7, 11) is 0. The molecule has 3 heterocycles. The molecule has 5 nitrogen and oxygen atoms in total. The molecule has 0 spiro atoms. The zero-order valence-corrected chi connectivity index (χ0v) is 21.9. The lowest BCUT2D eigenvalue weighted by Gasteiger charge is -2.11. The van der Waals surface area contributed by atoms with Gasteiger partial charge < -0.3 is 4.42 Å². The maximum absolute atomic E-state index is 6.48. The molecular weight excluding hydrogens is 504 g/mol. The number of hydrogen-bond acceptors (Lipinski definition) is 5. The Morgan fingerprint density at radius 2 is 0.976 bits per heavy atom. The molecule has 0 unspecified atom stereocenters. The van der Waals surface area contributed by atoms with Crippen LogP contribution in [0.4, 0.5) is 0 Å². The number of nitrogens with zero attached hydrogens (tertiary/aromatic N) is 4. The van der Waals surface area contributed by atoms with Crippen molar-refractivity contribution in [1.29, 1.82) is 0 Å². The predicted molar refractivity (Wildman–Crippen MR) is 164 cm³/mol. The first-order valence-corrected chi connectivity index (χ1v) is 13.5. The molecule has 3 aromatic heterocycles. The van der Waals surface area contributed by atoms with Gasteiger partial charge in [-0.25, -0.2) is 19.9 Å². The molecule has 0 N–H and O–H groups in total. The summed E-state index contributed by atoms with van der Waals surface area (Å²) in [6, 6.07) is 44.7. The van der Waals surface area contributed by atoms with Gasteiger partial charge in [0.2, 0.25) is 0 Å². The van der Waals surface area contributed by atoms with Gasteiger partial charge in [0.1, 0.15) is 11.1 Å². The van der Waals surface area contributed by atoms with Crippen molar-refractivity contribution in [2.75, 3.05) is 0 Å². The van der Waals surface area contributed by atoms with Crippen molar-refractivity contribution in [3.8, 4) is 45.3 Å². The minimum absolute atomic E-state index is 0.568. The molecule has 0 aliphatic heterocycles. The van der Waals surface area contributed by atoms with E-state index < -0.39 is 0 Å². The van der Waals surface area contributed by atoms with Crippen molar-refractivity contribution in [3.05, 3.63) is 133 Å². The molecule has 8 rings (SSSR count). The smallest absolute Gasteiger partial charge is 0.164 e. The highest BCUT2D eigenvalue weighted by atomic mass is 16.3. The van der Waals surface area contributed by atoms with Crippen LogP contribution < -0.4 is 0 Å². The molecule has 0 bridgehead atoms. The number of benzene rings is 5. The Labute approximate surface area is 235 Å². The summed E-state index contributed by atoms with van der Waals surface area (Å²) < 4.78 is 6.48. The maximum atomic E-state index is 6.48. The van der Waals surface area contributed by atoms with Gasteiger partial charge in [-0.3, -0.25) is 0 Å². The summed E-state index contributed by atoms with van der Waals surface area (Å²) in [5.74, 6) is 1.79. The summed E-state index contributed by atoms with van der Waals surface area (Å²) in [6.07, 6.45) is 0. The van der Waals surface area contributed by atoms with Gasteiger partial charge in [-0.15, -0.1) is 0 Å². The normalized spacial score (nSPS) is 11.4. The Hall–Kier alpha value is -5.68. The van der Waals surface area contributed by atoms with Crippen LogP contribution in [0.5, 0.6) is 0 Å². The molecule has 0 amide bonds. The van der Waals surface area contributed by atoms with E-state index in [9.17, 15) is 0 Å². The topological polar surface area (TPSA) is 64.7 Å². The number of rotatable bonds is 4. The summed E-state index contributed by atoms with van der Waals surface area (Å²) in [6.45, 7) is 0. The minimum Gasteiger partial charge on any atom is -0.454 e. The first-order valence-electron chi connectivity index (χ1n) is 13.5. The van der Waals surface area contributed by atoms with E-state index in [-0.39, 0.29) is 0 Å². The Kier molecular flexibility index (Phi) is 5.38. The Bertz CT molecular complexity index is 2130. The fourth-order valence-electron chi connectivity index (χ4n) is 5.31. The van der Waals surface area contributed by atoms with E-state index in [2.05, 4.69) is 36.4 Å². The lowest BCUT2D eigenvalue weighted by molar-refractivity contribution is 0.669. The third-order valence-electron chi connectivity index (χ3n) is 7.30. The molecule has 5 heteroatoms. The minimum atomic E-state index is 0.568. The first kappa shape index (κ1) is 23.2. The summed E-state index contributed by atoms with van der Waals surface area (Å²) >= 11 is 0. The number of aromatic nitrogens is 4. The number of hydrogen-bond donors (Lipinski definition) is 0. The van der Waals surface area contributed by atoms with Crippen LogP contribution in [0.25, 0.3) is 78.3 Å². The van der Waals surface area contributed by atoms with Crippen LogP contribution >= 0.6 is 0 Å². The van der Waals surface area contributed by atoms with Crippen molar-refractivity contribution in [2.24, 2.45) is 0 Å². The van der Waals surface area contributed by atoms with Gasteiger partial charge in [0.25, 0.3) is 0 Å². The van der Waals surface area contributed by atoms with E-state index in [1.165, 1.54) is 0 Å². The molecular formula is C36H22N4O. The van der Waals surface area contributed by atoms with E-state index in [1.807, 2.05) is 97.1 Å². The molecule has 192 valence electrons. The highest BCUT2D eigenvalue weighted by Gasteiger charge is 2.20. The second-order valence-electron chi connectivity index (χ2n) is 9.93. The summed E-state index contributed by atoms with van der Waals surface area (Å²) in [4.78, 5) is 20.0. The van der Waals surface area contributed by atoms with Crippen LogP contribution in [-0.2, 0) is 0 Å². The molecule has 8 aromatic rings. The third kappa shape index (κ3) is 4.12. The highest BCUT2D eigenvalue weighted by Crippen LogP contribution is 2.40. The number of fused-ring (bicyclic) bond motifs is 4. The van der Waals surface area contributed by atoms with Crippen LogP contribution in [0.3, 0.4) is 0 Å². The SMILES string of the molecule is c1ccc(-c2cc(-c3nc(-c4ccccc4)nc(-c4ccccc4)n3)c3c(c2)oc2cc4ccccc4nc23)cc1. The summed E-state index contributed by atoms with van der Waals surface area (Å²) in [5.41, 5.74) is 7.94. The van der Waals surface area contributed by atoms with Gasteiger partial charge in [-0.1, -0.05) is 109 Å². The fourth-order valence-corrected chi connectivity index (χ4v) is 5.31. The van der Waals surface area contributed by atoms with Gasteiger partial charge in [0, 0.05) is 22.1 Å².